The Morgan fingerprint density at radius 2 is 1.47 bits per heavy atom. The van der Waals surface area contributed by atoms with Crippen LogP contribution in [0.2, 0.25) is 0 Å². The van der Waals surface area contributed by atoms with E-state index in [-0.39, 0.29) is 81.4 Å². The Hall–Kier alpha value is -6.12. The number of nitrogens with two attached hydrogens (primary N) is 1. The molecule has 0 fully saturated rings. The van der Waals surface area contributed by atoms with E-state index < -0.39 is 65.6 Å². The number of aliphatic carboxylic acids is 1. The first kappa shape index (κ1) is 54.2. The number of halogens is 5. The summed E-state index contributed by atoms with van der Waals surface area (Å²) in [7, 11) is 0. The number of carboxylic acids is 1. The molecule has 2 heterocycles. The smallest absolute Gasteiger partial charge is 0.475 e. The van der Waals surface area contributed by atoms with Gasteiger partial charge in [-0.25, -0.2) is 13.6 Å². The number of aliphatic hydroxyl groups excluding tert-OH is 1. The second kappa shape index (κ2) is 25.5. The van der Waals surface area contributed by atoms with Gasteiger partial charge in [0.25, 0.3) is 11.8 Å². The number of aromatic nitrogens is 1. The summed E-state index contributed by atoms with van der Waals surface area (Å²) in [5, 5.41) is 20.0. The Labute approximate surface area is 378 Å². The van der Waals surface area contributed by atoms with Gasteiger partial charge >= 0.3 is 12.1 Å². The van der Waals surface area contributed by atoms with E-state index in [0.29, 0.717) is 37.3 Å². The zero-order valence-corrected chi connectivity index (χ0v) is 37.0. The van der Waals surface area contributed by atoms with Crippen molar-refractivity contribution in [1.82, 2.24) is 19.7 Å². The van der Waals surface area contributed by atoms with Gasteiger partial charge in [0.2, 0.25) is 11.8 Å². The molecule has 2 aromatic carbocycles. The second-order valence-corrected chi connectivity index (χ2v) is 16.6. The molecule has 66 heavy (non-hydrogen) atoms. The van der Waals surface area contributed by atoms with Crippen LogP contribution in [0.4, 0.5) is 22.0 Å². The van der Waals surface area contributed by atoms with E-state index in [9.17, 15) is 51.4 Å². The number of Topliss-reactive ketones (excluding diaryl/α,β-unsaturated/α-hetero) is 2. The Bertz CT molecular complexity index is 2170. The third kappa shape index (κ3) is 17.7. The number of carbonyl (C=O) groups is 7. The molecule has 0 radical (unpaired) electrons. The lowest BCUT2D eigenvalue weighted by molar-refractivity contribution is -0.192. The third-order valence-corrected chi connectivity index (χ3v) is 10.1. The summed E-state index contributed by atoms with van der Waals surface area (Å²) in [5.41, 5.74) is 7.90. The van der Waals surface area contributed by atoms with Crippen LogP contribution >= 0.6 is 0 Å². The van der Waals surface area contributed by atoms with Crippen molar-refractivity contribution in [2.45, 2.75) is 90.5 Å². The lowest BCUT2D eigenvalue weighted by Crippen LogP contribution is -2.46. The maximum Gasteiger partial charge on any atom is 0.490 e. The number of ether oxygens (including phenoxy) is 1. The van der Waals surface area contributed by atoms with Gasteiger partial charge in [-0.1, -0.05) is 51.1 Å². The SMILES string of the molecule is CC(C)(C)[C@H](c1cc(-c2cc(F)ccc2F)cn1Cc1ccccc1)N(CC[C@H](N)CNC(=O)CCC(=O)CCCOCCCC(=O)CN1C(=O)C=CC1=O)C(=O)CO.O=C(O)C(F)(F)F. The van der Waals surface area contributed by atoms with Crippen molar-refractivity contribution in [2.75, 3.05) is 39.5 Å². The lowest BCUT2D eigenvalue weighted by atomic mass is 9.82. The zero-order chi connectivity index (χ0) is 49.2. The maximum atomic E-state index is 15.0. The molecule has 5 N–H and O–H groups in total. The molecule has 1 aliphatic rings. The number of hydrogen-bond donors (Lipinski definition) is 4. The minimum atomic E-state index is -5.08. The second-order valence-electron chi connectivity index (χ2n) is 16.6. The Balaban J connectivity index is 0.00000152. The van der Waals surface area contributed by atoms with Crippen LogP contribution in [0.25, 0.3) is 11.1 Å². The Kier molecular flexibility index (Phi) is 21.0. The number of benzene rings is 2. The first-order valence-corrected chi connectivity index (χ1v) is 21.1. The predicted molar refractivity (Wildman–Crippen MR) is 230 cm³/mol. The van der Waals surface area contributed by atoms with Gasteiger partial charge in [-0.2, -0.15) is 13.2 Å². The van der Waals surface area contributed by atoms with E-state index in [2.05, 4.69) is 5.32 Å². The van der Waals surface area contributed by atoms with Gasteiger partial charge in [-0.15, -0.1) is 0 Å². The summed E-state index contributed by atoms with van der Waals surface area (Å²) in [6.07, 6.45) is 0.397. The number of carboxylic acid groups (broad SMARTS) is 1. The van der Waals surface area contributed by atoms with E-state index in [0.717, 1.165) is 40.8 Å². The van der Waals surface area contributed by atoms with Crippen LogP contribution in [-0.4, -0.2) is 117 Å². The first-order chi connectivity index (χ1) is 31.0. The van der Waals surface area contributed by atoms with Crippen LogP contribution in [0.5, 0.6) is 0 Å². The van der Waals surface area contributed by atoms with E-state index in [1.54, 1.807) is 17.2 Å². The van der Waals surface area contributed by atoms with Gasteiger partial charge in [0.15, 0.2) is 5.78 Å². The summed E-state index contributed by atoms with van der Waals surface area (Å²) >= 11 is 0. The summed E-state index contributed by atoms with van der Waals surface area (Å²) in [5.74, 6) is -6.21. The minimum absolute atomic E-state index is 0.0278. The van der Waals surface area contributed by atoms with Gasteiger partial charge in [-0.3, -0.25) is 33.7 Å². The van der Waals surface area contributed by atoms with Crippen molar-refractivity contribution < 1.29 is 70.5 Å². The number of ketones is 2. The van der Waals surface area contributed by atoms with E-state index in [4.69, 9.17) is 20.4 Å². The Morgan fingerprint density at radius 3 is 2.05 bits per heavy atom. The molecule has 20 heteroatoms. The van der Waals surface area contributed by atoms with Gasteiger partial charge in [-0.05, 0) is 54.5 Å². The molecular formula is C46H56F5N5O10. The number of carbonyl (C=O) groups excluding carboxylic acids is 6. The van der Waals surface area contributed by atoms with Crippen LogP contribution in [0, 0.1) is 17.0 Å². The predicted octanol–water partition coefficient (Wildman–Crippen LogP) is 5.28. The molecule has 2 atom stereocenters. The van der Waals surface area contributed by atoms with Crippen molar-refractivity contribution >= 4 is 41.2 Å². The maximum absolute atomic E-state index is 15.0. The summed E-state index contributed by atoms with van der Waals surface area (Å²) in [6, 6.07) is 13.4. The van der Waals surface area contributed by atoms with Crippen molar-refractivity contribution in [2.24, 2.45) is 11.1 Å². The number of imide groups is 1. The fraction of sp³-hybridized carbons (Fsp3) is 0.457. The normalized spacial score (nSPS) is 13.5. The summed E-state index contributed by atoms with van der Waals surface area (Å²) < 4.78 is 68.5. The fourth-order valence-corrected chi connectivity index (χ4v) is 6.91. The van der Waals surface area contributed by atoms with E-state index >= 15 is 4.39 Å². The van der Waals surface area contributed by atoms with E-state index in [1.807, 2.05) is 55.7 Å². The number of nitrogens with one attached hydrogen (secondary N) is 1. The summed E-state index contributed by atoms with van der Waals surface area (Å²) in [6.45, 7) is 5.97. The molecule has 15 nitrogen and oxygen atoms in total. The van der Waals surface area contributed by atoms with Crippen molar-refractivity contribution in [3.63, 3.8) is 0 Å². The molecule has 0 spiro atoms. The van der Waals surface area contributed by atoms with Gasteiger partial charge in [0.05, 0.1) is 12.6 Å². The van der Waals surface area contributed by atoms with Crippen molar-refractivity contribution in [1.29, 1.82) is 0 Å². The van der Waals surface area contributed by atoms with Crippen LogP contribution in [0.3, 0.4) is 0 Å². The largest absolute Gasteiger partial charge is 0.490 e. The van der Waals surface area contributed by atoms with Crippen molar-refractivity contribution in [3.8, 4) is 11.1 Å². The van der Waals surface area contributed by atoms with Crippen LogP contribution in [-0.2, 0) is 44.8 Å². The first-order valence-electron chi connectivity index (χ1n) is 21.1. The molecule has 4 rings (SSSR count). The number of hydrogen-bond acceptors (Lipinski definition) is 10. The molecule has 0 unspecified atom stereocenters. The standard InChI is InChI=1S/C44H55F2N5O8.C2HF3O2/c1-44(2,3)43(38-23-31(36-24-32(45)13-15-37(36)46)27-49(38)26-30-9-5-4-6-10-30)50(42(58)29-52)20-19-33(47)25-48-39(55)16-14-34(53)11-7-21-59-22-8-12-35(54)28-51-40(56)17-18-41(51)57;3-2(4,5)1(6)7/h4-6,9-10,13,15,17-18,23-24,27,33,43,52H,7-8,11-12,14,16,19-22,25-26,28-29,47H2,1-3H3,(H,48,55);(H,6,7)/t33-,43-;/m0./s1. The Morgan fingerprint density at radius 1 is 0.864 bits per heavy atom. The third-order valence-electron chi connectivity index (χ3n) is 10.1. The number of nitrogens with zero attached hydrogens (tertiary/aromatic N) is 3. The monoisotopic (exact) mass is 933 g/mol. The molecule has 4 amide bonds. The topological polar surface area (TPSA) is 219 Å². The van der Waals surface area contributed by atoms with Crippen molar-refractivity contribution in [3.05, 3.63) is 95.8 Å². The highest BCUT2D eigenvalue weighted by atomic mass is 19.4. The number of alkyl halides is 3. The lowest BCUT2D eigenvalue weighted by Gasteiger charge is -2.41. The number of amides is 4. The average molecular weight is 934 g/mol. The van der Waals surface area contributed by atoms with E-state index in [1.165, 1.54) is 0 Å². The molecule has 0 bridgehead atoms. The number of aliphatic hydroxyl groups is 1. The highest BCUT2D eigenvalue weighted by Gasteiger charge is 2.39. The quantitative estimate of drug-likeness (QED) is 0.0515. The van der Waals surface area contributed by atoms with Crippen LogP contribution in [0.15, 0.2) is 72.9 Å². The van der Waals surface area contributed by atoms with Gasteiger partial charge < -0.3 is 35.5 Å². The molecule has 0 saturated carbocycles. The summed E-state index contributed by atoms with van der Waals surface area (Å²) in [4.78, 5) is 84.9. The zero-order valence-electron chi connectivity index (χ0n) is 37.0. The fourth-order valence-electron chi connectivity index (χ4n) is 6.91. The highest BCUT2D eigenvalue weighted by Crippen LogP contribution is 2.41. The van der Waals surface area contributed by atoms with Gasteiger partial charge in [0, 0.05) is 99.7 Å². The molecule has 1 aromatic heterocycles. The van der Waals surface area contributed by atoms with Crippen LogP contribution < -0.4 is 11.1 Å². The molecule has 3 aromatic rings. The molecule has 0 aliphatic carbocycles. The molecule has 0 saturated heterocycles. The molecule has 1 aliphatic heterocycles. The highest BCUT2D eigenvalue weighted by molar-refractivity contribution is 6.14. The molecular weight excluding hydrogens is 878 g/mol. The minimum Gasteiger partial charge on any atom is -0.475 e. The van der Waals surface area contributed by atoms with Gasteiger partial charge in [0.1, 0.15) is 24.0 Å². The number of rotatable bonds is 24. The average Bonchev–Trinajstić information content (AvgIpc) is 3.80. The molecule has 360 valence electrons. The van der Waals surface area contributed by atoms with Crippen LogP contribution in [0.1, 0.15) is 83.0 Å².